The molecule has 0 atom stereocenters. The number of furan rings is 1. The molecule has 0 saturated heterocycles. The zero-order valence-electron chi connectivity index (χ0n) is 8.62. The molecule has 1 aromatic carbocycles. The zero-order valence-corrected chi connectivity index (χ0v) is 8.62. The maximum Gasteiger partial charge on any atom is 0.201 e. The number of hydrogen-bond acceptors (Lipinski definition) is 2. The van der Waals surface area contributed by atoms with E-state index in [1.807, 2.05) is 31.2 Å². The fourth-order valence-electron chi connectivity index (χ4n) is 1.88. The lowest BCUT2D eigenvalue weighted by Gasteiger charge is -1.92. The van der Waals surface area contributed by atoms with Gasteiger partial charge in [0.05, 0.1) is 0 Å². The first-order valence-corrected chi connectivity index (χ1v) is 5.29. The van der Waals surface area contributed by atoms with E-state index < -0.39 is 0 Å². The average Bonchev–Trinajstić information content (AvgIpc) is 2.97. The Morgan fingerprint density at radius 1 is 1.40 bits per heavy atom. The van der Waals surface area contributed by atoms with E-state index in [0.717, 1.165) is 29.4 Å². The maximum atomic E-state index is 11.8. The van der Waals surface area contributed by atoms with Crippen molar-refractivity contribution in [2.75, 3.05) is 0 Å². The van der Waals surface area contributed by atoms with Crippen molar-refractivity contribution >= 4 is 16.8 Å². The standard InChI is InChI=1S/C13H12O2/c1-8-3-2-4-10-7-11(15-13(8)10)12(14)9-5-6-9/h2-4,7,9H,5-6H2,1H3. The smallest absolute Gasteiger partial charge is 0.201 e. The number of para-hydroxylation sites is 1. The maximum absolute atomic E-state index is 11.8. The summed E-state index contributed by atoms with van der Waals surface area (Å²) < 4.78 is 5.61. The molecular formula is C13H12O2. The molecule has 1 aliphatic carbocycles. The van der Waals surface area contributed by atoms with Gasteiger partial charge in [-0.25, -0.2) is 0 Å². The number of aryl methyl sites for hydroxylation is 1. The van der Waals surface area contributed by atoms with Crippen molar-refractivity contribution in [3.05, 3.63) is 35.6 Å². The number of Topliss-reactive ketones (excluding diaryl/α,β-unsaturated/α-hetero) is 1. The predicted molar refractivity (Wildman–Crippen MR) is 58.0 cm³/mol. The van der Waals surface area contributed by atoms with Crippen LogP contribution >= 0.6 is 0 Å². The van der Waals surface area contributed by atoms with Crippen molar-refractivity contribution < 1.29 is 9.21 Å². The monoisotopic (exact) mass is 200 g/mol. The lowest BCUT2D eigenvalue weighted by molar-refractivity contribution is 0.0942. The summed E-state index contributed by atoms with van der Waals surface area (Å²) in [6, 6.07) is 7.83. The summed E-state index contributed by atoms with van der Waals surface area (Å²) in [5.41, 5.74) is 1.93. The van der Waals surface area contributed by atoms with Gasteiger partial charge >= 0.3 is 0 Å². The van der Waals surface area contributed by atoms with E-state index in [1.165, 1.54) is 0 Å². The molecule has 1 aliphatic rings. The number of ketones is 1. The number of carbonyl (C=O) groups excluding carboxylic acids is 1. The van der Waals surface area contributed by atoms with Crippen LogP contribution in [-0.2, 0) is 0 Å². The van der Waals surface area contributed by atoms with Crippen molar-refractivity contribution in [3.63, 3.8) is 0 Å². The number of fused-ring (bicyclic) bond motifs is 1. The van der Waals surface area contributed by atoms with Crippen LogP contribution in [0.15, 0.2) is 28.7 Å². The van der Waals surface area contributed by atoms with Crippen LogP contribution in [0.3, 0.4) is 0 Å². The molecule has 76 valence electrons. The van der Waals surface area contributed by atoms with Crippen LogP contribution in [0.25, 0.3) is 11.0 Å². The fourth-order valence-corrected chi connectivity index (χ4v) is 1.88. The Morgan fingerprint density at radius 2 is 2.20 bits per heavy atom. The largest absolute Gasteiger partial charge is 0.453 e. The van der Waals surface area contributed by atoms with Crippen LogP contribution in [-0.4, -0.2) is 5.78 Å². The zero-order chi connectivity index (χ0) is 10.4. The Morgan fingerprint density at radius 3 is 2.87 bits per heavy atom. The van der Waals surface area contributed by atoms with Crippen molar-refractivity contribution in [3.8, 4) is 0 Å². The van der Waals surface area contributed by atoms with E-state index in [4.69, 9.17) is 4.42 Å². The molecule has 0 N–H and O–H groups in total. The molecule has 1 aromatic heterocycles. The summed E-state index contributed by atoms with van der Waals surface area (Å²) in [4.78, 5) is 11.8. The molecule has 15 heavy (non-hydrogen) atoms. The average molecular weight is 200 g/mol. The number of benzene rings is 1. The topological polar surface area (TPSA) is 30.2 Å². The molecule has 2 heteroatoms. The molecule has 3 rings (SSSR count). The predicted octanol–water partition coefficient (Wildman–Crippen LogP) is 3.33. The Hall–Kier alpha value is -1.57. The van der Waals surface area contributed by atoms with Gasteiger partial charge in [0.1, 0.15) is 5.58 Å². The third kappa shape index (κ3) is 1.37. The van der Waals surface area contributed by atoms with Crippen molar-refractivity contribution in [2.24, 2.45) is 5.92 Å². The number of carbonyl (C=O) groups is 1. The second kappa shape index (κ2) is 2.96. The van der Waals surface area contributed by atoms with Crippen molar-refractivity contribution in [2.45, 2.75) is 19.8 Å². The van der Waals surface area contributed by atoms with Gasteiger partial charge in [-0.3, -0.25) is 4.79 Å². The fraction of sp³-hybridized carbons (Fsp3) is 0.308. The van der Waals surface area contributed by atoms with Gasteiger partial charge in [0, 0.05) is 11.3 Å². The summed E-state index contributed by atoms with van der Waals surface area (Å²) in [5.74, 6) is 0.929. The van der Waals surface area contributed by atoms with Crippen LogP contribution < -0.4 is 0 Å². The number of hydrogen-bond donors (Lipinski definition) is 0. The molecule has 0 bridgehead atoms. The quantitative estimate of drug-likeness (QED) is 0.696. The third-order valence-electron chi connectivity index (χ3n) is 2.93. The molecule has 1 saturated carbocycles. The first-order valence-electron chi connectivity index (χ1n) is 5.29. The Balaban J connectivity index is 2.13. The summed E-state index contributed by atoms with van der Waals surface area (Å²) >= 11 is 0. The van der Waals surface area contributed by atoms with Crippen LogP contribution in [0, 0.1) is 12.8 Å². The SMILES string of the molecule is Cc1cccc2cc(C(=O)C3CC3)oc12. The van der Waals surface area contributed by atoms with Gasteiger partial charge in [-0.15, -0.1) is 0 Å². The Labute approximate surface area is 87.9 Å². The van der Waals surface area contributed by atoms with Crippen LogP contribution in [0.1, 0.15) is 29.0 Å². The van der Waals surface area contributed by atoms with Crippen LogP contribution in [0.5, 0.6) is 0 Å². The van der Waals surface area contributed by atoms with Crippen molar-refractivity contribution in [1.29, 1.82) is 0 Å². The Bertz CT molecular complexity index is 532. The highest BCUT2D eigenvalue weighted by molar-refractivity contribution is 6.00. The van der Waals surface area contributed by atoms with Gasteiger partial charge in [0.2, 0.25) is 5.78 Å². The van der Waals surface area contributed by atoms with E-state index >= 15 is 0 Å². The van der Waals surface area contributed by atoms with Gasteiger partial charge in [0.25, 0.3) is 0 Å². The van der Waals surface area contributed by atoms with Gasteiger partial charge in [-0.1, -0.05) is 18.2 Å². The molecule has 0 amide bonds. The van der Waals surface area contributed by atoms with Crippen LogP contribution in [0.2, 0.25) is 0 Å². The third-order valence-corrected chi connectivity index (χ3v) is 2.93. The minimum Gasteiger partial charge on any atom is -0.453 e. The van der Waals surface area contributed by atoms with Gasteiger partial charge in [-0.2, -0.15) is 0 Å². The van der Waals surface area contributed by atoms with E-state index in [2.05, 4.69) is 0 Å². The molecule has 2 nitrogen and oxygen atoms in total. The molecule has 0 spiro atoms. The number of rotatable bonds is 2. The lowest BCUT2D eigenvalue weighted by atomic mass is 10.1. The highest BCUT2D eigenvalue weighted by Gasteiger charge is 2.32. The molecular weight excluding hydrogens is 188 g/mol. The van der Waals surface area contributed by atoms with E-state index in [-0.39, 0.29) is 11.7 Å². The molecule has 1 fully saturated rings. The normalized spacial score (nSPS) is 15.8. The first kappa shape index (κ1) is 8.72. The Kier molecular flexibility index (Phi) is 1.72. The van der Waals surface area contributed by atoms with Crippen LogP contribution in [0.4, 0.5) is 0 Å². The molecule has 2 aromatic rings. The first-order chi connectivity index (χ1) is 7.25. The minimum absolute atomic E-state index is 0.172. The van der Waals surface area contributed by atoms with E-state index in [0.29, 0.717) is 5.76 Å². The molecule has 0 aliphatic heterocycles. The summed E-state index contributed by atoms with van der Waals surface area (Å²) in [6.07, 6.45) is 2.05. The molecule has 1 heterocycles. The van der Waals surface area contributed by atoms with Gasteiger partial charge in [0.15, 0.2) is 5.76 Å². The highest BCUT2D eigenvalue weighted by atomic mass is 16.3. The summed E-state index contributed by atoms with van der Waals surface area (Å²) in [6.45, 7) is 2.00. The van der Waals surface area contributed by atoms with Gasteiger partial charge in [-0.05, 0) is 31.4 Å². The summed E-state index contributed by atoms with van der Waals surface area (Å²) in [5, 5.41) is 1.03. The second-order valence-electron chi connectivity index (χ2n) is 4.24. The van der Waals surface area contributed by atoms with E-state index in [1.54, 1.807) is 0 Å². The minimum atomic E-state index is 0.172. The highest BCUT2D eigenvalue weighted by Crippen LogP contribution is 2.34. The summed E-state index contributed by atoms with van der Waals surface area (Å²) in [7, 11) is 0. The molecule has 0 radical (unpaired) electrons. The van der Waals surface area contributed by atoms with Gasteiger partial charge < -0.3 is 4.42 Å². The molecule has 0 unspecified atom stereocenters. The van der Waals surface area contributed by atoms with Crippen molar-refractivity contribution in [1.82, 2.24) is 0 Å². The van der Waals surface area contributed by atoms with E-state index in [9.17, 15) is 4.79 Å². The lowest BCUT2D eigenvalue weighted by Crippen LogP contribution is -1.98. The second-order valence-corrected chi connectivity index (χ2v) is 4.24.